The van der Waals surface area contributed by atoms with Crippen LogP contribution in [0, 0.1) is 0 Å². The standard InChI is InChI=1S/C11H16N4/c12-6-9-3-4-15(9)11-5-10(8-1-2-8)13-7-14-11/h5,7-9H,1-4,6,12H2. The molecule has 1 aliphatic carbocycles. The number of anilines is 1. The van der Waals surface area contributed by atoms with Crippen LogP contribution in [0.3, 0.4) is 0 Å². The van der Waals surface area contributed by atoms with Crippen LogP contribution in [0.1, 0.15) is 30.9 Å². The molecule has 4 nitrogen and oxygen atoms in total. The van der Waals surface area contributed by atoms with Crippen LogP contribution < -0.4 is 10.6 Å². The molecule has 2 aliphatic rings. The average molecular weight is 204 g/mol. The SMILES string of the molecule is NCC1CCN1c1cc(C2CC2)ncn1. The molecule has 2 N–H and O–H groups in total. The van der Waals surface area contributed by atoms with Gasteiger partial charge >= 0.3 is 0 Å². The second-order valence-corrected chi connectivity index (χ2v) is 4.45. The molecular formula is C11H16N4. The molecule has 1 saturated carbocycles. The molecule has 0 spiro atoms. The summed E-state index contributed by atoms with van der Waals surface area (Å²) in [5, 5.41) is 0. The molecule has 0 aromatic carbocycles. The summed E-state index contributed by atoms with van der Waals surface area (Å²) in [4.78, 5) is 10.9. The molecule has 0 radical (unpaired) electrons. The summed E-state index contributed by atoms with van der Waals surface area (Å²) in [5.74, 6) is 1.76. The average Bonchev–Trinajstić information content (AvgIpc) is 3.00. The van der Waals surface area contributed by atoms with Gasteiger partial charge < -0.3 is 10.6 Å². The molecular weight excluding hydrogens is 188 g/mol. The summed E-state index contributed by atoms with van der Waals surface area (Å²) in [6.45, 7) is 1.81. The van der Waals surface area contributed by atoms with Crippen LogP contribution in [0.4, 0.5) is 5.82 Å². The topological polar surface area (TPSA) is 55.0 Å². The van der Waals surface area contributed by atoms with Crippen LogP contribution in [0.5, 0.6) is 0 Å². The molecule has 2 heterocycles. The van der Waals surface area contributed by atoms with E-state index in [1.54, 1.807) is 6.33 Å². The molecule has 4 heteroatoms. The first-order valence-corrected chi connectivity index (χ1v) is 5.67. The number of nitrogens with two attached hydrogens (primary N) is 1. The van der Waals surface area contributed by atoms with Crippen LogP contribution in [0.2, 0.25) is 0 Å². The first-order valence-electron chi connectivity index (χ1n) is 5.67. The molecule has 1 atom stereocenters. The van der Waals surface area contributed by atoms with Crippen molar-refractivity contribution in [3.8, 4) is 0 Å². The lowest BCUT2D eigenvalue weighted by Gasteiger charge is -2.41. The first-order chi connectivity index (χ1) is 7.38. The lowest BCUT2D eigenvalue weighted by atomic mass is 10.0. The maximum absolute atomic E-state index is 5.69. The van der Waals surface area contributed by atoms with Gasteiger partial charge in [0.25, 0.3) is 0 Å². The minimum atomic E-state index is 0.493. The summed E-state index contributed by atoms with van der Waals surface area (Å²) in [6, 6.07) is 2.63. The van der Waals surface area contributed by atoms with Crippen molar-refractivity contribution in [2.75, 3.05) is 18.0 Å². The van der Waals surface area contributed by atoms with Gasteiger partial charge in [-0.1, -0.05) is 0 Å². The Labute approximate surface area is 89.5 Å². The fraction of sp³-hybridized carbons (Fsp3) is 0.636. The Kier molecular flexibility index (Phi) is 2.09. The van der Waals surface area contributed by atoms with Gasteiger partial charge in [0.1, 0.15) is 12.1 Å². The van der Waals surface area contributed by atoms with E-state index < -0.39 is 0 Å². The largest absolute Gasteiger partial charge is 0.352 e. The molecule has 2 fully saturated rings. The predicted octanol–water partition coefficient (Wildman–Crippen LogP) is 0.891. The highest BCUT2D eigenvalue weighted by atomic mass is 15.3. The molecule has 80 valence electrons. The number of nitrogens with zero attached hydrogens (tertiary/aromatic N) is 3. The van der Waals surface area contributed by atoms with Crippen LogP contribution in [-0.2, 0) is 0 Å². The third-order valence-corrected chi connectivity index (χ3v) is 3.38. The van der Waals surface area contributed by atoms with E-state index in [9.17, 15) is 0 Å². The van der Waals surface area contributed by atoms with E-state index in [1.807, 2.05) is 0 Å². The molecule has 15 heavy (non-hydrogen) atoms. The molecule has 1 unspecified atom stereocenters. The fourth-order valence-electron chi connectivity index (χ4n) is 2.11. The van der Waals surface area contributed by atoms with Crippen molar-refractivity contribution in [3.63, 3.8) is 0 Å². The lowest BCUT2D eigenvalue weighted by Crippen LogP contribution is -2.52. The number of aromatic nitrogens is 2. The Morgan fingerprint density at radius 3 is 2.80 bits per heavy atom. The van der Waals surface area contributed by atoms with Crippen LogP contribution in [-0.4, -0.2) is 29.1 Å². The van der Waals surface area contributed by atoms with Gasteiger partial charge in [0, 0.05) is 36.8 Å². The fourth-order valence-corrected chi connectivity index (χ4v) is 2.11. The lowest BCUT2D eigenvalue weighted by molar-refractivity contribution is 0.451. The zero-order valence-corrected chi connectivity index (χ0v) is 8.76. The molecule has 1 saturated heterocycles. The van der Waals surface area contributed by atoms with Gasteiger partial charge in [-0.25, -0.2) is 9.97 Å². The smallest absolute Gasteiger partial charge is 0.132 e. The van der Waals surface area contributed by atoms with Gasteiger partial charge in [-0.05, 0) is 19.3 Å². The highest BCUT2D eigenvalue weighted by Crippen LogP contribution is 2.39. The van der Waals surface area contributed by atoms with Gasteiger partial charge in [0.05, 0.1) is 0 Å². The zero-order valence-electron chi connectivity index (χ0n) is 8.76. The minimum absolute atomic E-state index is 0.493. The Morgan fingerprint density at radius 2 is 2.20 bits per heavy atom. The quantitative estimate of drug-likeness (QED) is 0.794. The van der Waals surface area contributed by atoms with Crippen molar-refractivity contribution >= 4 is 5.82 Å². The van der Waals surface area contributed by atoms with Crippen molar-refractivity contribution in [2.24, 2.45) is 5.73 Å². The summed E-state index contributed by atoms with van der Waals surface area (Å²) >= 11 is 0. The van der Waals surface area contributed by atoms with Gasteiger partial charge in [-0.15, -0.1) is 0 Å². The Morgan fingerprint density at radius 1 is 1.33 bits per heavy atom. The van der Waals surface area contributed by atoms with Crippen LogP contribution in [0.15, 0.2) is 12.4 Å². The summed E-state index contributed by atoms with van der Waals surface area (Å²) in [5.41, 5.74) is 6.90. The highest BCUT2D eigenvalue weighted by Gasteiger charge is 2.30. The Balaban J connectivity index is 1.81. The third kappa shape index (κ3) is 1.59. The summed E-state index contributed by atoms with van der Waals surface area (Å²) < 4.78 is 0. The molecule has 3 rings (SSSR count). The maximum atomic E-state index is 5.69. The molecule has 1 aliphatic heterocycles. The minimum Gasteiger partial charge on any atom is -0.352 e. The van der Waals surface area contributed by atoms with Gasteiger partial charge in [0.2, 0.25) is 0 Å². The van der Waals surface area contributed by atoms with Crippen molar-refractivity contribution in [1.29, 1.82) is 0 Å². The molecule has 1 aromatic heterocycles. The normalized spacial score (nSPS) is 25.1. The van der Waals surface area contributed by atoms with Crippen molar-refractivity contribution < 1.29 is 0 Å². The predicted molar refractivity (Wildman–Crippen MR) is 58.8 cm³/mol. The van der Waals surface area contributed by atoms with Gasteiger partial charge in [-0.3, -0.25) is 0 Å². The van der Waals surface area contributed by atoms with E-state index in [0.29, 0.717) is 12.0 Å². The van der Waals surface area contributed by atoms with Crippen LogP contribution >= 0.6 is 0 Å². The summed E-state index contributed by atoms with van der Waals surface area (Å²) in [7, 11) is 0. The van der Waals surface area contributed by atoms with E-state index >= 15 is 0 Å². The number of hydrogen-bond donors (Lipinski definition) is 1. The van der Waals surface area contributed by atoms with Gasteiger partial charge in [-0.2, -0.15) is 0 Å². The van der Waals surface area contributed by atoms with Crippen molar-refractivity contribution in [2.45, 2.75) is 31.2 Å². The second kappa shape index (κ2) is 3.45. The Bertz CT molecular complexity index is 359. The number of rotatable bonds is 3. The van der Waals surface area contributed by atoms with E-state index in [0.717, 1.165) is 18.9 Å². The van der Waals surface area contributed by atoms with E-state index in [1.165, 1.54) is 25.0 Å². The zero-order chi connectivity index (χ0) is 10.3. The second-order valence-electron chi connectivity index (χ2n) is 4.45. The van der Waals surface area contributed by atoms with Gasteiger partial charge in [0.15, 0.2) is 0 Å². The van der Waals surface area contributed by atoms with E-state index in [4.69, 9.17) is 5.73 Å². The number of hydrogen-bond acceptors (Lipinski definition) is 4. The van der Waals surface area contributed by atoms with Crippen molar-refractivity contribution in [3.05, 3.63) is 18.1 Å². The molecule has 0 amide bonds. The maximum Gasteiger partial charge on any atom is 0.132 e. The highest BCUT2D eigenvalue weighted by molar-refractivity contribution is 5.44. The van der Waals surface area contributed by atoms with E-state index in [-0.39, 0.29) is 0 Å². The monoisotopic (exact) mass is 204 g/mol. The third-order valence-electron chi connectivity index (χ3n) is 3.38. The molecule has 1 aromatic rings. The first kappa shape index (κ1) is 9.09. The van der Waals surface area contributed by atoms with E-state index in [2.05, 4.69) is 20.9 Å². The Hall–Kier alpha value is -1.16. The van der Waals surface area contributed by atoms with Crippen molar-refractivity contribution in [1.82, 2.24) is 9.97 Å². The molecule has 0 bridgehead atoms. The summed E-state index contributed by atoms with van der Waals surface area (Å²) in [6.07, 6.45) is 5.46. The van der Waals surface area contributed by atoms with Crippen LogP contribution in [0.25, 0.3) is 0 Å².